The van der Waals surface area contributed by atoms with Crippen molar-refractivity contribution in [3.63, 3.8) is 0 Å². The van der Waals surface area contributed by atoms with Gasteiger partial charge in [-0.2, -0.15) is 0 Å². The van der Waals surface area contributed by atoms with Crippen LogP contribution in [-0.2, 0) is 6.54 Å². The highest BCUT2D eigenvalue weighted by Crippen LogP contribution is 2.35. The van der Waals surface area contributed by atoms with Crippen LogP contribution in [0.25, 0.3) is 0 Å². The largest absolute Gasteiger partial charge is 0.496 e. The van der Waals surface area contributed by atoms with E-state index in [1.54, 1.807) is 0 Å². The number of nitrogens with zero attached hydrogens (tertiary/aromatic N) is 1. The predicted octanol–water partition coefficient (Wildman–Crippen LogP) is 2.14. The Morgan fingerprint density at radius 3 is 2.71 bits per heavy atom. The number of hydrogen-bond acceptors (Lipinski definition) is 3. The highest BCUT2D eigenvalue weighted by atomic mass is 35.5. The summed E-state index contributed by atoms with van der Waals surface area (Å²) in [6.07, 6.45) is -1.40. The Morgan fingerprint density at radius 1 is 1.64 bits per heavy atom. The number of ether oxygens (including phenoxy) is 1. The minimum atomic E-state index is -2.73. The summed E-state index contributed by atoms with van der Waals surface area (Å²) in [5, 5.41) is -0.256. The molecule has 3 nitrogen and oxygen atoms in total. The van der Waals surface area contributed by atoms with Crippen LogP contribution in [0.4, 0.5) is 8.78 Å². The zero-order valence-corrected chi connectivity index (χ0v) is 8.18. The van der Waals surface area contributed by atoms with Gasteiger partial charge < -0.3 is 10.5 Å². The van der Waals surface area contributed by atoms with Crippen LogP contribution in [-0.4, -0.2) is 12.1 Å². The summed E-state index contributed by atoms with van der Waals surface area (Å²) < 4.78 is 29.9. The van der Waals surface area contributed by atoms with Crippen molar-refractivity contribution in [1.29, 1.82) is 0 Å². The van der Waals surface area contributed by atoms with Gasteiger partial charge in [0.1, 0.15) is 10.9 Å². The summed E-state index contributed by atoms with van der Waals surface area (Å²) in [5.74, 6) is 0.0162. The summed E-state index contributed by atoms with van der Waals surface area (Å²) >= 11 is 5.52. The topological polar surface area (TPSA) is 48.1 Å². The van der Waals surface area contributed by atoms with E-state index in [9.17, 15) is 8.78 Å². The van der Waals surface area contributed by atoms with Crippen LogP contribution in [0.1, 0.15) is 17.6 Å². The molecule has 0 spiro atoms. The Bertz CT molecular complexity index is 333. The van der Waals surface area contributed by atoms with Crippen LogP contribution in [0.3, 0.4) is 0 Å². The second kappa shape index (κ2) is 4.52. The molecule has 0 bridgehead atoms. The molecule has 0 aliphatic rings. The first-order valence-corrected chi connectivity index (χ1v) is 4.19. The van der Waals surface area contributed by atoms with E-state index >= 15 is 0 Å². The van der Waals surface area contributed by atoms with E-state index < -0.39 is 12.0 Å². The monoisotopic (exact) mass is 222 g/mol. The Labute approximate surface area is 84.8 Å². The average Bonchev–Trinajstić information content (AvgIpc) is 2.16. The first-order chi connectivity index (χ1) is 6.61. The zero-order chi connectivity index (χ0) is 10.7. The third-order valence-electron chi connectivity index (χ3n) is 1.73. The standard InChI is InChI=1S/C8H9ClF2N2O/c1-14-6-4(2-12)3-13-7(9)5(6)8(10)11/h3,8H,2,12H2,1H3. The molecule has 0 saturated heterocycles. The average molecular weight is 223 g/mol. The lowest BCUT2D eigenvalue weighted by atomic mass is 10.2. The molecular formula is C8H9ClF2N2O. The predicted molar refractivity (Wildman–Crippen MR) is 48.6 cm³/mol. The van der Waals surface area contributed by atoms with Crippen LogP contribution in [0.15, 0.2) is 6.20 Å². The fraction of sp³-hybridized carbons (Fsp3) is 0.375. The summed E-state index contributed by atoms with van der Waals surface area (Å²) in [6, 6.07) is 0. The number of pyridine rings is 1. The van der Waals surface area contributed by atoms with Gasteiger partial charge in [-0.05, 0) is 0 Å². The van der Waals surface area contributed by atoms with Gasteiger partial charge in [0.2, 0.25) is 0 Å². The molecule has 1 rings (SSSR count). The summed E-state index contributed by atoms with van der Waals surface area (Å²) in [7, 11) is 1.29. The van der Waals surface area contributed by atoms with Gasteiger partial charge in [0.25, 0.3) is 6.43 Å². The highest BCUT2D eigenvalue weighted by Gasteiger charge is 2.21. The van der Waals surface area contributed by atoms with Crippen molar-refractivity contribution in [1.82, 2.24) is 4.98 Å². The minimum absolute atomic E-state index is 0.0162. The molecule has 0 saturated carbocycles. The van der Waals surface area contributed by atoms with Crippen LogP contribution in [0.5, 0.6) is 5.75 Å². The van der Waals surface area contributed by atoms with E-state index in [1.807, 2.05) is 0 Å². The summed E-state index contributed by atoms with van der Waals surface area (Å²) in [4.78, 5) is 3.61. The lowest BCUT2D eigenvalue weighted by molar-refractivity contribution is 0.146. The lowest BCUT2D eigenvalue weighted by Gasteiger charge is -2.12. The fourth-order valence-electron chi connectivity index (χ4n) is 1.11. The van der Waals surface area contributed by atoms with E-state index in [-0.39, 0.29) is 17.4 Å². The van der Waals surface area contributed by atoms with Gasteiger partial charge >= 0.3 is 0 Å². The molecule has 0 aromatic carbocycles. The van der Waals surface area contributed by atoms with E-state index in [2.05, 4.69) is 4.98 Å². The Balaban J connectivity index is 3.35. The molecule has 0 fully saturated rings. The quantitative estimate of drug-likeness (QED) is 0.798. The van der Waals surface area contributed by atoms with Crippen molar-refractivity contribution in [2.24, 2.45) is 5.73 Å². The van der Waals surface area contributed by atoms with Crippen LogP contribution < -0.4 is 10.5 Å². The molecule has 0 aliphatic carbocycles. The molecular weight excluding hydrogens is 214 g/mol. The van der Waals surface area contributed by atoms with Crippen LogP contribution in [0, 0.1) is 0 Å². The number of methoxy groups -OCH3 is 1. The summed E-state index contributed by atoms with van der Waals surface area (Å²) in [6.45, 7) is 0.0765. The number of nitrogens with two attached hydrogens (primary N) is 1. The second-order valence-corrected chi connectivity index (χ2v) is 2.88. The second-order valence-electron chi connectivity index (χ2n) is 2.53. The van der Waals surface area contributed by atoms with Crippen LogP contribution >= 0.6 is 11.6 Å². The number of rotatable bonds is 3. The fourth-order valence-corrected chi connectivity index (χ4v) is 1.32. The first-order valence-electron chi connectivity index (χ1n) is 3.81. The van der Waals surface area contributed by atoms with Crippen molar-refractivity contribution in [2.75, 3.05) is 7.11 Å². The Morgan fingerprint density at radius 2 is 2.29 bits per heavy atom. The maximum Gasteiger partial charge on any atom is 0.270 e. The molecule has 0 radical (unpaired) electrons. The molecule has 0 amide bonds. The molecule has 78 valence electrons. The van der Waals surface area contributed by atoms with Gasteiger partial charge in [0.05, 0.1) is 12.7 Å². The molecule has 0 atom stereocenters. The first kappa shape index (κ1) is 11.1. The molecule has 14 heavy (non-hydrogen) atoms. The maximum atomic E-state index is 12.5. The third kappa shape index (κ3) is 1.93. The SMILES string of the molecule is COc1c(CN)cnc(Cl)c1C(F)F. The van der Waals surface area contributed by atoms with Gasteiger partial charge in [0, 0.05) is 18.3 Å². The van der Waals surface area contributed by atoms with Gasteiger partial charge in [0.15, 0.2) is 0 Å². The maximum absolute atomic E-state index is 12.5. The highest BCUT2D eigenvalue weighted by molar-refractivity contribution is 6.30. The number of halogens is 3. The smallest absolute Gasteiger partial charge is 0.270 e. The molecule has 0 aliphatic heterocycles. The van der Waals surface area contributed by atoms with Crippen molar-refractivity contribution >= 4 is 11.6 Å². The Hall–Kier alpha value is -0.940. The van der Waals surface area contributed by atoms with Crippen molar-refractivity contribution < 1.29 is 13.5 Å². The lowest BCUT2D eigenvalue weighted by Crippen LogP contribution is -2.05. The van der Waals surface area contributed by atoms with E-state index in [4.69, 9.17) is 22.1 Å². The van der Waals surface area contributed by atoms with Gasteiger partial charge in [-0.15, -0.1) is 0 Å². The zero-order valence-electron chi connectivity index (χ0n) is 7.43. The van der Waals surface area contributed by atoms with Crippen molar-refractivity contribution in [2.45, 2.75) is 13.0 Å². The molecule has 2 N–H and O–H groups in total. The summed E-state index contributed by atoms with van der Waals surface area (Å²) in [5.41, 5.74) is 5.34. The van der Waals surface area contributed by atoms with Crippen LogP contribution in [0.2, 0.25) is 5.15 Å². The number of alkyl halides is 2. The normalized spacial score (nSPS) is 10.7. The van der Waals surface area contributed by atoms with E-state index in [0.29, 0.717) is 5.56 Å². The third-order valence-corrected chi connectivity index (χ3v) is 2.04. The van der Waals surface area contributed by atoms with Gasteiger partial charge in [-0.3, -0.25) is 0 Å². The molecule has 0 unspecified atom stereocenters. The molecule has 1 heterocycles. The van der Waals surface area contributed by atoms with Gasteiger partial charge in [-0.25, -0.2) is 13.8 Å². The molecule has 6 heteroatoms. The minimum Gasteiger partial charge on any atom is -0.496 e. The molecule has 1 aromatic rings. The van der Waals surface area contributed by atoms with Crippen molar-refractivity contribution in [3.8, 4) is 5.75 Å². The van der Waals surface area contributed by atoms with Gasteiger partial charge in [-0.1, -0.05) is 11.6 Å². The van der Waals surface area contributed by atoms with E-state index in [1.165, 1.54) is 13.3 Å². The van der Waals surface area contributed by atoms with E-state index in [0.717, 1.165) is 0 Å². The number of aromatic nitrogens is 1. The Kier molecular flexibility index (Phi) is 3.60. The number of hydrogen-bond donors (Lipinski definition) is 1. The van der Waals surface area contributed by atoms with Crippen molar-refractivity contribution in [3.05, 3.63) is 22.5 Å². The molecule has 1 aromatic heterocycles.